The van der Waals surface area contributed by atoms with Crippen LogP contribution < -0.4 is 14.8 Å². The third-order valence-corrected chi connectivity index (χ3v) is 4.51. The molecule has 0 saturated heterocycles. The molecule has 7 heteroatoms. The Labute approximate surface area is 166 Å². The van der Waals surface area contributed by atoms with E-state index in [1.165, 1.54) is 13.2 Å². The molecule has 0 aliphatic heterocycles. The van der Waals surface area contributed by atoms with E-state index in [9.17, 15) is 9.59 Å². The number of benzene rings is 2. The Morgan fingerprint density at radius 3 is 2.56 bits per heavy atom. The Balaban J connectivity index is 1.91. The second-order valence-electron chi connectivity index (χ2n) is 5.56. The SMILES string of the molecule is COc1ccc(OC)c(C=CC(=O)OCC(=O)Nc2ccc(Br)c(C)c2)c1. The maximum atomic E-state index is 11.9. The number of esters is 1. The van der Waals surface area contributed by atoms with Gasteiger partial charge in [-0.05, 0) is 55.0 Å². The van der Waals surface area contributed by atoms with Crippen LogP contribution in [0, 0.1) is 6.92 Å². The number of nitrogens with one attached hydrogen (secondary N) is 1. The van der Waals surface area contributed by atoms with Crippen molar-refractivity contribution in [1.82, 2.24) is 0 Å². The normalized spacial score (nSPS) is 10.5. The fourth-order valence-corrected chi connectivity index (χ4v) is 2.48. The predicted molar refractivity (Wildman–Crippen MR) is 107 cm³/mol. The van der Waals surface area contributed by atoms with E-state index in [2.05, 4.69) is 21.2 Å². The van der Waals surface area contributed by atoms with Gasteiger partial charge in [0.05, 0.1) is 14.2 Å². The molecule has 1 N–H and O–H groups in total. The molecule has 0 aromatic heterocycles. The highest BCUT2D eigenvalue weighted by Crippen LogP contribution is 2.25. The fraction of sp³-hybridized carbons (Fsp3) is 0.200. The van der Waals surface area contributed by atoms with Gasteiger partial charge < -0.3 is 19.5 Å². The van der Waals surface area contributed by atoms with E-state index in [0.29, 0.717) is 22.7 Å². The molecular weight excluding hydrogens is 414 g/mol. The lowest BCUT2D eigenvalue weighted by atomic mass is 10.1. The van der Waals surface area contributed by atoms with Crippen LogP contribution in [0.3, 0.4) is 0 Å². The Bertz CT molecular complexity index is 863. The quantitative estimate of drug-likeness (QED) is 0.528. The molecule has 0 bridgehead atoms. The van der Waals surface area contributed by atoms with Gasteiger partial charge in [0.2, 0.25) is 0 Å². The molecule has 0 aliphatic rings. The molecule has 2 aromatic rings. The second-order valence-corrected chi connectivity index (χ2v) is 6.42. The summed E-state index contributed by atoms with van der Waals surface area (Å²) in [6.07, 6.45) is 2.77. The smallest absolute Gasteiger partial charge is 0.331 e. The molecule has 0 heterocycles. The lowest BCUT2D eigenvalue weighted by molar-refractivity contribution is -0.142. The Kier molecular flexibility index (Phi) is 7.43. The Hall–Kier alpha value is -2.80. The number of aryl methyl sites for hydroxylation is 1. The summed E-state index contributed by atoms with van der Waals surface area (Å²) in [5, 5.41) is 2.67. The molecule has 27 heavy (non-hydrogen) atoms. The highest BCUT2D eigenvalue weighted by Gasteiger charge is 2.08. The molecule has 0 atom stereocenters. The summed E-state index contributed by atoms with van der Waals surface area (Å²) in [6, 6.07) is 10.6. The van der Waals surface area contributed by atoms with Gasteiger partial charge in [-0.25, -0.2) is 4.79 Å². The summed E-state index contributed by atoms with van der Waals surface area (Å²) in [5.41, 5.74) is 2.27. The van der Waals surface area contributed by atoms with Crippen molar-refractivity contribution < 1.29 is 23.8 Å². The number of carbonyl (C=O) groups excluding carboxylic acids is 2. The number of methoxy groups -OCH3 is 2. The van der Waals surface area contributed by atoms with E-state index in [1.54, 1.807) is 37.5 Å². The summed E-state index contributed by atoms with van der Waals surface area (Å²) >= 11 is 3.39. The maximum absolute atomic E-state index is 11.9. The average Bonchev–Trinajstić information content (AvgIpc) is 2.67. The Morgan fingerprint density at radius 1 is 1.11 bits per heavy atom. The molecule has 0 fully saturated rings. The average molecular weight is 434 g/mol. The topological polar surface area (TPSA) is 73.9 Å². The molecule has 6 nitrogen and oxygen atoms in total. The van der Waals surface area contributed by atoms with Crippen molar-refractivity contribution >= 4 is 39.6 Å². The van der Waals surface area contributed by atoms with Gasteiger partial charge in [0.1, 0.15) is 11.5 Å². The van der Waals surface area contributed by atoms with Crippen LogP contribution in [0.25, 0.3) is 6.08 Å². The zero-order valence-corrected chi connectivity index (χ0v) is 16.8. The van der Waals surface area contributed by atoms with Gasteiger partial charge in [0.15, 0.2) is 6.61 Å². The number of hydrogen-bond acceptors (Lipinski definition) is 5. The van der Waals surface area contributed by atoms with E-state index >= 15 is 0 Å². The summed E-state index contributed by atoms with van der Waals surface area (Å²) < 4.78 is 16.3. The molecular formula is C20H20BrNO5. The van der Waals surface area contributed by atoms with Gasteiger partial charge in [-0.15, -0.1) is 0 Å². The van der Waals surface area contributed by atoms with Crippen LogP contribution in [0.1, 0.15) is 11.1 Å². The number of anilines is 1. The molecule has 0 saturated carbocycles. The van der Waals surface area contributed by atoms with Crippen LogP contribution in [-0.4, -0.2) is 32.7 Å². The van der Waals surface area contributed by atoms with E-state index in [-0.39, 0.29) is 6.61 Å². The van der Waals surface area contributed by atoms with Gasteiger partial charge in [-0.2, -0.15) is 0 Å². The minimum atomic E-state index is -0.637. The standard InChI is InChI=1S/C20H20BrNO5/c1-13-10-15(5-7-17(13)21)22-19(23)12-27-20(24)9-4-14-11-16(25-2)6-8-18(14)26-3/h4-11H,12H2,1-3H3,(H,22,23). The molecule has 2 rings (SSSR count). The number of amides is 1. The summed E-state index contributed by atoms with van der Waals surface area (Å²) in [5.74, 6) is 0.163. The third kappa shape index (κ3) is 6.14. The van der Waals surface area contributed by atoms with Crippen LogP contribution in [0.5, 0.6) is 11.5 Å². The summed E-state index contributed by atoms with van der Waals surface area (Å²) in [7, 11) is 3.08. The van der Waals surface area contributed by atoms with Gasteiger partial charge in [0.25, 0.3) is 5.91 Å². The molecule has 0 spiro atoms. The van der Waals surface area contributed by atoms with Crippen LogP contribution in [-0.2, 0) is 14.3 Å². The first-order valence-electron chi connectivity index (χ1n) is 8.06. The van der Waals surface area contributed by atoms with Crippen LogP contribution in [0.4, 0.5) is 5.69 Å². The maximum Gasteiger partial charge on any atom is 0.331 e. The molecule has 1 amide bonds. The van der Waals surface area contributed by atoms with E-state index < -0.39 is 11.9 Å². The van der Waals surface area contributed by atoms with Crippen molar-refractivity contribution in [3.05, 3.63) is 58.1 Å². The van der Waals surface area contributed by atoms with E-state index in [0.717, 1.165) is 10.0 Å². The lowest BCUT2D eigenvalue weighted by Gasteiger charge is -2.08. The largest absolute Gasteiger partial charge is 0.497 e. The van der Waals surface area contributed by atoms with Gasteiger partial charge in [-0.3, -0.25) is 4.79 Å². The van der Waals surface area contributed by atoms with Crippen molar-refractivity contribution in [1.29, 1.82) is 0 Å². The van der Waals surface area contributed by atoms with Crippen LogP contribution >= 0.6 is 15.9 Å². The van der Waals surface area contributed by atoms with Gasteiger partial charge in [0, 0.05) is 21.8 Å². The Morgan fingerprint density at radius 2 is 1.89 bits per heavy atom. The predicted octanol–water partition coefficient (Wildman–Crippen LogP) is 3.97. The van der Waals surface area contributed by atoms with Crippen molar-refractivity contribution in [3.8, 4) is 11.5 Å². The third-order valence-electron chi connectivity index (χ3n) is 3.62. The molecule has 0 aliphatic carbocycles. The van der Waals surface area contributed by atoms with Gasteiger partial charge >= 0.3 is 5.97 Å². The molecule has 0 unspecified atom stereocenters. The zero-order chi connectivity index (χ0) is 19.8. The summed E-state index contributed by atoms with van der Waals surface area (Å²) in [6.45, 7) is 1.53. The molecule has 142 valence electrons. The first-order chi connectivity index (χ1) is 12.9. The first-order valence-corrected chi connectivity index (χ1v) is 8.85. The minimum Gasteiger partial charge on any atom is -0.497 e. The second kappa shape index (κ2) is 9.78. The minimum absolute atomic E-state index is 0.381. The van der Waals surface area contributed by atoms with E-state index in [4.69, 9.17) is 14.2 Å². The lowest BCUT2D eigenvalue weighted by Crippen LogP contribution is -2.20. The van der Waals surface area contributed by atoms with Crippen LogP contribution in [0.2, 0.25) is 0 Å². The van der Waals surface area contributed by atoms with Gasteiger partial charge in [-0.1, -0.05) is 15.9 Å². The molecule has 2 aromatic carbocycles. The van der Waals surface area contributed by atoms with Crippen LogP contribution in [0.15, 0.2) is 46.9 Å². The number of halogens is 1. The monoisotopic (exact) mass is 433 g/mol. The van der Waals surface area contributed by atoms with Crippen molar-refractivity contribution in [2.45, 2.75) is 6.92 Å². The van der Waals surface area contributed by atoms with Crippen molar-refractivity contribution in [2.24, 2.45) is 0 Å². The first kappa shape index (κ1) is 20.5. The highest BCUT2D eigenvalue weighted by atomic mass is 79.9. The van der Waals surface area contributed by atoms with Crippen molar-refractivity contribution in [2.75, 3.05) is 26.1 Å². The highest BCUT2D eigenvalue weighted by molar-refractivity contribution is 9.10. The number of carbonyl (C=O) groups is 2. The number of hydrogen-bond donors (Lipinski definition) is 1. The van der Waals surface area contributed by atoms with Crippen molar-refractivity contribution in [3.63, 3.8) is 0 Å². The fourth-order valence-electron chi connectivity index (χ4n) is 2.23. The zero-order valence-electron chi connectivity index (χ0n) is 15.2. The van der Waals surface area contributed by atoms with E-state index in [1.807, 2.05) is 19.1 Å². The summed E-state index contributed by atoms with van der Waals surface area (Å²) in [4.78, 5) is 23.8. The molecule has 0 radical (unpaired) electrons. The number of rotatable bonds is 7. The number of ether oxygens (including phenoxy) is 3.